The summed E-state index contributed by atoms with van der Waals surface area (Å²) < 4.78 is 0.311. The molecule has 0 aliphatic carbocycles. The van der Waals surface area contributed by atoms with Crippen molar-refractivity contribution < 1.29 is 14.7 Å². The van der Waals surface area contributed by atoms with Crippen LogP contribution in [0.4, 0.5) is 0 Å². The molecule has 6 heteroatoms. The lowest BCUT2D eigenvalue weighted by molar-refractivity contribution is -0.145. The maximum Gasteiger partial charge on any atom is 0.326 e. The van der Waals surface area contributed by atoms with Gasteiger partial charge in [0.05, 0.1) is 4.91 Å². The zero-order valence-corrected chi connectivity index (χ0v) is 15.6. The van der Waals surface area contributed by atoms with Gasteiger partial charge in [0.1, 0.15) is 10.4 Å². The van der Waals surface area contributed by atoms with E-state index in [0.717, 1.165) is 17.3 Å². The maximum absolute atomic E-state index is 12.6. The topological polar surface area (TPSA) is 57.6 Å². The molecule has 0 radical (unpaired) electrons. The molecule has 1 aliphatic rings. The fourth-order valence-electron chi connectivity index (χ4n) is 2.51. The molecule has 1 aromatic rings. The zero-order chi connectivity index (χ0) is 17.9. The number of amides is 1. The predicted molar refractivity (Wildman–Crippen MR) is 102 cm³/mol. The van der Waals surface area contributed by atoms with Crippen LogP contribution in [0.2, 0.25) is 0 Å². The molecule has 128 valence electrons. The number of rotatable bonds is 6. The van der Waals surface area contributed by atoms with Crippen LogP contribution in [0.1, 0.15) is 50.7 Å². The summed E-state index contributed by atoms with van der Waals surface area (Å²) in [7, 11) is 0. The average molecular weight is 364 g/mol. The molecule has 1 amide bonds. The third-order valence-corrected chi connectivity index (χ3v) is 5.21. The third kappa shape index (κ3) is 4.05. The van der Waals surface area contributed by atoms with Crippen molar-refractivity contribution in [2.45, 2.75) is 45.6 Å². The minimum atomic E-state index is -1.02. The SMILES string of the molecule is CCC[C@H](C(=O)O)N1C(=O)/C(=C/c2ccc(C(C)C)cc2)SC1=S. The van der Waals surface area contributed by atoms with Crippen LogP contribution >= 0.6 is 24.0 Å². The summed E-state index contributed by atoms with van der Waals surface area (Å²) >= 11 is 6.40. The van der Waals surface area contributed by atoms with E-state index >= 15 is 0 Å². The summed E-state index contributed by atoms with van der Waals surface area (Å²) in [4.78, 5) is 25.8. The van der Waals surface area contributed by atoms with Crippen molar-refractivity contribution in [3.05, 3.63) is 40.3 Å². The number of aliphatic carboxylic acids is 1. The van der Waals surface area contributed by atoms with E-state index in [1.165, 1.54) is 10.5 Å². The van der Waals surface area contributed by atoms with Crippen molar-refractivity contribution >= 4 is 46.3 Å². The Morgan fingerprint density at radius 1 is 1.33 bits per heavy atom. The zero-order valence-electron chi connectivity index (χ0n) is 14.0. The number of thioether (sulfide) groups is 1. The summed E-state index contributed by atoms with van der Waals surface area (Å²) in [6.07, 6.45) is 2.83. The fourth-order valence-corrected chi connectivity index (χ4v) is 3.87. The van der Waals surface area contributed by atoms with Crippen molar-refractivity contribution in [2.24, 2.45) is 0 Å². The Bertz CT molecular complexity index is 680. The minimum Gasteiger partial charge on any atom is -0.480 e. The Labute approximate surface area is 151 Å². The highest BCUT2D eigenvalue weighted by Crippen LogP contribution is 2.35. The molecular formula is C18H21NO3S2. The van der Waals surface area contributed by atoms with Crippen molar-refractivity contribution in [1.82, 2.24) is 4.90 Å². The number of carbonyl (C=O) groups is 2. The van der Waals surface area contributed by atoms with Gasteiger partial charge in [-0.2, -0.15) is 0 Å². The molecule has 1 heterocycles. The summed E-state index contributed by atoms with van der Waals surface area (Å²) in [5, 5.41) is 9.38. The number of hydrogen-bond donors (Lipinski definition) is 1. The Balaban J connectivity index is 2.25. The Hall–Kier alpha value is -1.66. The number of benzene rings is 1. The van der Waals surface area contributed by atoms with Crippen LogP contribution in [0.3, 0.4) is 0 Å². The van der Waals surface area contributed by atoms with Crippen molar-refractivity contribution in [3.8, 4) is 0 Å². The van der Waals surface area contributed by atoms with E-state index in [2.05, 4.69) is 13.8 Å². The molecule has 0 spiro atoms. The van der Waals surface area contributed by atoms with Gasteiger partial charge in [-0.05, 0) is 29.5 Å². The molecule has 2 rings (SSSR count). The van der Waals surface area contributed by atoms with Crippen LogP contribution < -0.4 is 0 Å². The van der Waals surface area contributed by atoms with E-state index in [0.29, 0.717) is 28.0 Å². The summed E-state index contributed by atoms with van der Waals surface area (Å²) in [5.41, 5.74) is 2.14. The molecular weight excluding hydrogens is 342 g/mol. The van der Waals surface area contributed by atoms with Gasteiger partial charge in [-0.1, -0.05) is 75.4 Å². The van der Waals surface area contributed by atoms with Crippen LogP contribution in [0, 0.1) is 0 Å². The highest BCUT2D eigenvalue weighted by Gasteiger charge is 2.39. The Kier molecular flexibility index (Phi) is 6.18. The molecule has 0 aromatic heterocycles. The number of carboxylic acids is 1. The second kappa shape index (κ2) is 7.94. The molecule has 1 fully saturated rings. The molecule has 24 heavy (non-hydrogen) atoms. The maximum atomic E-state index is 12.6. The van der Waals surface area contributed by atoms with Crippen LogP contribution in [0.5, 0.6) is 0 Å². The average Bonchev–Trinajstić information content (AvgIpc) is 2.79. The predicted octanol–water partition coefficient (Wildman–Crippen LogP) is 4.26. The number of carbonyl (C=O) groups excluding carboxylic acids is 1. The second-order valence-corrected chi connectivity index (χ2v) is 7.69. The molecule has 4 nitrogen and oxygen atoms in total. The standard InChI is InChI=1S/C18H21NO3S2/c1-4-5-14(17(21)22)19-16(20)15(24-18(19)23)10-12-6-8-13(9-7-12)11(2)3/h6-11,14H,4-5H2,1-3H3,(H,21,22)/b15-10-/t14-/m1/s1. The molecule has 1 aliphatic heterocycles. The summed E-state index contributed by atoms with van der Waals surface area (Å²) in [5.74, 6) is -0.892. The molecule has 1 aromatic carbocycles. The van der Waals surface area contributed by atoms with Crippen LogP contribution in [0.15, 0.2) is 29.2 Å². The van der Waals surface area contributed by atoms with Gasteiger partial charge < -0.3 is 5.11 Å². The molecule has 1 saturated heterocycles. The van der Waals surface area contributed by atoms with E-state index in [4.69, 9.17) is 12.2 Å². The van der Waals surface area contributed by atoms with Crippen LogP contribution in [-0.2, 0) is 9.59 Å². The van der Waals surface area contributed by atoms with E-state index in [-0.39, 0.29) is 5.91 Å². The quantitative estimate of drug-likeness (QED) is 0.604. The van der Waals surface area contributed by atoms with Crippen molar-refractivity contribution in [2.75, 3.05) is 0 Å². The van der Waals surface area contributed by atoms with E-state index < -0.39 is 12.0 Å². The third-order valence-electron chi connectivity index (χ3n) is 3.88. The highest BCUT2D eigenvalue weighted by molar-refractivity contribution is 8.26. The molecule has 0 unspecified atom stereocenters. The first-order valence-corrected chi connectivity index (χ1v) is 9.17. The van der Waals surface area contributed by atoms with Crippen LogP contribution in [0.25, 0.3) is 6.08 Å². The summed E-state index contributed by atoms with van der Waals surface area (Å²) in [6, 6.07) is 7.10. The van der Waals surface area contributed by atoms with E-state index in [1.54, 1.807) is 6.08 Å². The largest absolute Gasteiger partial charge is 0.480 e. The van der Waals surface area contributed by atoms with Gasteiger partial charge in [0.25, 0.3) is 5.91 Å². The number of carboxylic acid groups (broad SMARTS) is 1. The first-order valence-electron chi connectivity index (χ1n) is 7.95. The van der Waals surface area contributed by atoms with E-state index in [9.17, 15) is 14.7 Å². The molecule has 0 saturated carbocycles. The second-order valence-electron chi connectivity index (χ2n) is 6.02. The van der Waals surface area contributed by atoms with Crippen molar-refractivity contribution in [1.29, 1.82) is 0 Å². The Morgan fingerprint density at radius 3 is 2.46 bits per heavy atom. The lowest BCUT2D eigenvalue weighted by Gasteiger charge is -2.22. The number of thiocarbonyl (C=S) groups is 1. The molecule has 1 atom stereocenters. The van der Waals surface area contributed by atoms with Gasteiger partial charge in [0.2, 0.25) is 0 Å². The first kappa shape index (κ1) is 18.7. The Morgan fingerprint density at radius 2 is 1.96 bits per heavy atom. The lowest BCUT2D eigenvalue weighted by atomic mass is 10.0. The van der Waals surface area contributed by atoms with Crippen molar-refractivity contribution in [3.63, 3.8) is 0 Å². The smallest absolute Gasteiger partial charge is 0.326 e. The minimum absolute atomic E-state index is 0.311. The van der Waals surface area contributed by atoms with Gasteiger partial charge in [-0.25, -0.2) is 4.79 Å². The number of hydrogen-bond acceptors (Lipinski definition) is 4. The van der Waals surface area contributed by atoms with Gasteiger partial charge >= 0.3 is 5.97 Å². The first-order chi connectivity index (χ1) is 11.3. The van der Waals surface area contributed by atoms with Gasteiger partial charge in [0, 0.05) is 0 Å². The van der Waals surface area contributed by atoms with Gasteiger partial charge in [0.15, 0.2) is 0 Å². The molecule has 0 bridgehead atoms. The molecule has 1 N–H and O–H groups in total. The van der Waals surface area contributed by atoms with Gasteiger partial charge in [-0.15, -0.1) is 0 Å². The normalized spacial score (nSPS) is 17.8. The van der Waals surface area contributed by atoms with Gasteiger partial charge in [-0.3, -0.25) is 9.69 Å². The fraction of sp³-hybridized carbons (Fsp3) is 0.389. The van der Waals surface area contributed by atoms with E-state index in [1.807, 2.05) is 31.2 Å². The number of nitrogens with zero attached hydrogens (tertiary/aromatic N) is 1. The highest BCUT2D eigenvalue weighted by atomic mass is 32.2. The lowest BCUT2D eigenvalue weighted by Crippen LogP contribution is -2.43. The summed E-state index contributed by atoms with van der Waals surface area (Å²) in [6.45, 7) is 6.14. The van der Waals surface area contributed by atoms with Crippen LogP contribution in [-0.4, -0.2) is 32.2 Å². The monoisotopic (exact) mass is 363 g/mol.